The highest BCUT2D eigenvalue weighted by Crippen LogP contribution is 2.12. The van der Waals surface area contributed by atoms with Crippen molar-refractivity contribution in [3.63, 3.8) is 0 Å². The maximum absolute atomic E-state index is 5.73. The fourth-order valence-electron chi connectivity index (χ4n) is 2.85. The zero-order valence-electron chi connectivity index (χ0n) is 17.1. The van der Waals surface area contributed by atoms with Gasteiger partial charge in [-0.15, -0.1) is 0 Å². The van der Waals surface area contributed by atoms with Gasteiger partial charge in [0.25, 0.3) is 0 Å². The number of ether oxygens (including phenoxy) is 1. The Labute approximate surface area is 163 Å². The number of hydrogen-bond donors (Lipinski definition) is 2. The summed E-state index contributed by atoms with van der Waals surface area (Å²) in [6.45, 7) is 10.0. The van der Waals surface area contributed by atoms with Crippen molar-refractivity contribution >= 4 is 5.96 Å². The number of benzene rings is 1. The third-order valence-electron chi connectivity index (χ3n) is 4.52. The van der Waals surface area contributed by atoms with Gasteiger partial charge in [0.15, 0.2) is 5.96 Å². The Kier molecular flexibility index (Phi) is 8.84. The van der Waals surface area contributed by atoms with Gasteiger partial charge in [0, 0.05) is 38.0 Å². The molecular formula is C21H33N5O. The van der Waals surface area contributed by atoms with Crippen LogP contribution in [0.1, 0.15) is 42.3 Å². The fraction of sp³-hybridized carbons (Fsp3) is 0.524. The molecule has 1 aromatic carbocycles. The standard InChI is InChI=1S/C21H33N5O/c1-5-22-21(24-15-20-17(2)25-26(4)18(20)3)23-13-9-10-14-27-16-19-11-7-6-8-12-19/h6-8,11-12H,5,9-10,13-16H2,1-4H3,(H2,22,23,24). The number of guanidine groups is 1. The Balaban J connectivity index is 1.68. The van der Waals surface area contributed by atoms with Crippen LogP contribution in [0.25, 0.3) is 0 Å². The molecule has 6 nitrogen and oxygen atoms in total. The molecular weight excluding hydrogens is 338 g/mol. The molecule has 0 aliphatic rings. The lowest BCUT2D eigenvalue weighted by Gasteiger charge is -2.11. The smallest absolute Gasteiger partial charge is 0.191 e. The lowest BCUT2D eigenvalue weighted by atomic mass is 10.2. The van der Waals surface area contributed by atoms with E-state index in [2.05, 4.69) is 41.7 Å². The van der Waals surface area contributed by atoms with E-state index in [1.54, 1.807) is 0 Å². The molecule has 0 amide bonds. The fourth-order valence-corrected chi connectivity index (χ4v) is 2.85. The van der Waals surface area contributed by atoms with Crippen LogP contribution in [-0.2, 0) is 24.9 Å². The maximum Gasteiger partial charge on any atom is 0.191 e. The summed E-state index contributed by atoms with van der Waals surface area (Å²) >= 11 is 0. The summed E-state index contributed by atoms with van der Waals surface area (Å²) in [6.07, 6.45) is 2.07. The van der Waals surface area contributed by atoms with E-state index in [0.717, 1.165) is 44.2 Å². The van der Waals surface area contributed by atoms with E-state index in [1.807, 2.05) is 36.9 Å². The van der Waals surface area contributed by atoms with Crippen molar-refractivity contribution in [1.29, 1.82) is 0 Å². The normalized spacial score (nSPS) is 11.6. The van der Waals surface area contributed by atoms with Gasteiger partial charge in [-0.25, -0.2) is 4.99 Å². The first-order chi connectivity index (χ1) is 13.1. The zero-order valence-corrected chi connectivity index (χ0v) is 17.1. The summed E-state index contributed by atoms with van der Waals surface area (Å²) in [5.74, 6) is 0.852. The van der Waals surface area contributed by atoms with Gasteiger partial charge in [0.2, 0.25) is 0 Å². The first kappa shape index (κ1) is 21.0. The quantitative estimate of drug-likeness (QED) is 0.383. The molecule has 6 heteroatoms. The summed E-state index contributed by atoms with van der Waals surface area (Å²) in [6, 6.07) is 10.3. The van der Waals surface area contributed by atoms with Crippen LogP contribution in [0.3, 0.4) is 0 Å². The summed E-state index contributed by atoms with van der Waals surface area (Å²) in [5.41, 5.74) is 4.63. The third kappa shape index (κ3) is 7.06. The van der Waals surface area contributed by atoms with E-state index in [9.17, 15) is 0 Å². The van der Waals surface area contributed by atoms with E-state index in [-0.39, 0.29) is 0 Å². The molecule has 0 saturated heterocycles. The van der Waals surface area contributed by atoms with Gasteiger partial charge in [0.1, 0.15) is 0 Å². The molecule has 1 heterocycles. The molecule has 2 aromatic rings. The van der Waals surface area contributed by atoms with Gasteiger partial charge in [-0.3, -0.25) is 4.68 Å². The SMILES string of the molecule is CCNC(=NCc1c(C)nn(C)c1C)NCCCCOCc1ccccc1. The van der Waals surface area contributed by atoms with Crippen LogP contribution in [-0.4, -0.2) is 35.4 Å². The summed E-state index contributed by atoms with van der Waals surface area (Å²) in [4.78, 5) is 4.70. The molecule has 0 unspecified atom stereocenters. The average Bonchev–Trinajstić information content (AvgIpc) is 2.91. The molecule has 2 rings (SSSR count). The summed E-state index contributed by atoms with van der Waals surface area (Å²) in [5, 5.41) is 11.2. The number of hydrogen-bond acceptors (Lipinski definition) is 3. The Morgan fingerprint density at radius 3 is 2.59 bits per heavy atom. The number of aromatic nitrogens is 2. The predicted octanol–water partition coefficient (Wildman–Crippen LogP) is 3.09. The van der Waals surface area contributed by atoms with Crippen LogP contribution in [0.4, 0.5) is 0 Å². The number of nitrogens with one attached hydrogen (secondary N) is 2. The van der Waals surface area contributed by atoms with Crippen molar-refractivity contribution < 1.29 is 4.74 Å². The molecule has 0 spiro atoms. The van der Waals surface area contributed by atoms with Gasteiger partial charge >= 0.3 is 0 Å². The molecule has 0 aliphatic carbocycles. The highest BCUT2D eigenvalue weighted by Gasteiger charge is 2.08. The number of unbranched alkanes of at least 4 members (excludes halogenated alkanes) is 1. The van der Waals surface area contributed by atoms with Crippen molar-refractivity contribution in [2.75, 3.05) is 19.7 Å². The second kappa shape index (κ2) is 11.4. The molecule has 1 aromatic heterocycles. The molecule has 0 fully saturated rings. The minimum Gasteiger partial charge on any atom is -0.377 e. The maximum atomic E-state index is 5.73. The van der Waals surface area contributed by atoms with Crippen molar-refractivity contribution in [2.45, 2.75) is 46.8 Å². The Morgan fingerprint density at radius 2 is 1.93 bits per heavy atom. The number of rotatable bonds is 10. The average molecular weight is 372 g/mol. The molecule has 0 aliphatic heterocycles. The minimum absolute atomic E-state index is 0.640. The molecule has 0 radical (unpaired) electrons. The lowest BCUT2D eigenvalue weighted by molar-refractivity contribution is 0.117. The van der Waals surface area contributed by atoms with Crippen molar-refractivity contribution in [3.8, 4) is 0 Å². The molecule has 0 saturated carbocycles. The monoisotopic (exact) mass is 371 g/mol. The van der Waals surface area contributed by atoms with E-state index in [1.165, 1.54) is 16.8 Å². The van der Waals surface area contributed by atoms with Crippen molar-refractivity contribution in [1.82, 2.24) is 20.4 Å². The second-order valence-electron chi connectivity index (χ2n) is 6.64. The Hall–Kier alpha value is -2.34. The Bertz CT molecular complexity index is 709. The van der Waals surface area contributed by atoms with E-state index in [4.69, 9.17) is 9.73 Å². The van der Waals surface area contributed by atoms with Gasteiger partial charge in [0.05, 0.1) is 18.8 Å². The number of aryl methyl sites for hydroxylation is 2. The van der Waals surface area contributed by atoms with E-state index < -0.39 is 0 Å². The van der Waals surface area contributed by atoms with Crippen LogP contribution < -0.4 is 10.6 Å². The van der Waals surface area contributed by atoms with E-state index >= 15 is 0 Å². The van der Waals surface area contributed by atoms with Crippen molar-refractivity contribution in [3.05, 3.63) is 52.8 Å². The molecule has 0 bridgehead atoms. The second-order valence-corrected chi connectivity index (χ2v) is 6.64. The van der Waals surface area contributed by atoms with Gasteiger partial charge in [-0.1, -0.05) is 30.3 Å². The third-order valence-corrected chi connectivity index (χ3v) is 4.52. The largest absolute Gasteiger partial charge is 0.377 e. The minimum atomic E-state index is 0.640. The van der Waals surface area contributed by atoms with Gasteiger partial charge in [-0.2, -0.15) is 5.10 Å². The molecule has 0 atom stereocenters. The van der Waals surface area contributed by atoms with Crippen LogP contribution in [0.2, 0.25) is 0 Å². The van der Waals surface area contributed by atoms with Crippen LogP contribution in [0.5, 0.6) is 0 Å². The van der Waals surface area contributed by atoms with Gasteiger partial charge in [-0.05, 0) is 39.2 Å². The molecule has 148 valence electrons. The topological polar surface area (TPSA) is 63.5 Å². The Morgan fingerprint density at radius 1 is 1.15 bits per heavy atom. The highest BCUT2D eigenvalue weighted by atomic mass is 16.5. The number of nitrogens with zero attached hydrogens (tertiary/aromatic N) is 3. The zero-order chi connectivity index (χ0) is 19.5. The molecule has 27 heavy (non-hydrogen) atoms. The lowest BCUT2D eigenvalue weighted by Crippen LogP contribution is -2.37. The van der Waals surface area contributed by atoms with Gasteiger partial charge < -0.3 is 15.4 Å². The summed E-state index contributed by atoms with van der Waals surface area (Å²) < 4.78 is 7.64. The first-order valence-electron chi connectivity index (χ1n) is 9.74. The van der Waals surface area contributed by atoms with Crippen molar-refractivity contribution in [2.24, 2.45) is 12.0 Å². The van der Waals surface area contributed by atoms with Crippen LogP contribution in [0.15, 0.2) is 35.3 Å². The number of aliphatic imine (C=N–C) groups is 1. The highest BCUT2D eigenvalue weighted by molar-refractivity contribution is 5.79. The summed E-state index contributed by atoms with van der Waals surface area (Å²) in [7, 11) is 1.97. The molecule has 2 N–H and O–H groups in total. The first-order valence-corrected chi connectivity index (χ1v) is 9.74. The predicted molar refractivity (Wildman–Crippen MR) is 111 cm³/mol. The van der Waals surface area contributed by atoms with Crippen LogP contribution in [0, 0.1) is 13.8 Å². The van der Waals surface area contributed by atoms with E-state index in [0.29, 0.717) is 13.2 Å². The van der Waals surface area contributed by atoms with Crippen LogP contribution >= 0.6 is 0 Å².